The Morgan fingerprint density at radius 3 is 2.53 bits per heavy atom. The van der Waals surface area contributed by atoms with Crippen LogP contribution in [0.2, 0.25) is 5.02 Å². The van der Waals surface area contributed by atoms with Crippen LogP contribution >= 0.6 is 43.5 Å². The highest BCUT2D eigenvalue weighted by Crippen LogP contribution is 2.29. The summed E-state index contributed by atoms with van der Waals surface area (Å²) in [6.07, 6.45) is 0. The lowest BCUT2D eigenvalue weighted by Gasteiger charge is -2.17. The fourth-order valence-electron chi connectivity index (χ4n) is 1.77. The van der Waals surface area contributed by atoms with Crippen LogP contribution < -0.4 is 5.32 Å². The molecule has 0 bridgehead atoms. The zero-order valence-corrected chi connectivity index (χ0v) is 14.0. The summed E-state index contributed by atoms with van der Waals surface area (Å²) in [6, 6.07) is 10.7. The Bertz CT molecular complexity index is 604. The van der Waals surface area contributed by atoms with Crippen molar-refractivity contribution >= 4 is 49.1 Å². The highest BCUT2D eigenvalue weighted by Gasteiger charge is 2.10. The quantitative estimate of drug-likeness (QED) is 0.641. The SMILES string of the molecule is CC(Nc1ccc(F)c(Cl)c1)c1ccc(Br)cc1Br. The smallest absolute Gasteiger partial charge is 0.141 e. The number of benzene rings is 2. The number of anilines is 1. The van der Waals surface area contributed by atoms with Crippen molar-refractivity contribution in [2.24, 2.45) is 0 Å². The summed E-state index contributed by atoms with van der Waals surface area (Å²) in [5, 5.41) is 3.41. The van der Waals surface area contributed by atoms with E-state index in [-0.39, 0.29) is 11.1 Å². The fraction of sp³-hybridized carbons (Fsp3) is 0.143. The average molecular weight is 408 g/mol. The third kappa shape index (κ3) is 3.71. The summed E-state index contributed by atoms with van der Waals surface area (Å²) in [4.78, 5) is 0. The molecule has 0 saturated heterocycles. The van der Waals surface area contributed by atoms with Gasteiger partial charge in [-0.1, -0.05) is 49.5 Å². The predicted molar refractivity (Wildman–Crippen MR) is 85.3 cm³/mol. The van der Waals surface area contributed by atoms with E-state index in [1.165, 1.54) is 6.07 Å². The molecule has 0 aliphatic carbocycles. The molecule has 0 spiro atoms. The van der Waals surface area contributed by atoms with Crippen LogP contribution in [0.25, 0.3) is 0 Å². The van der Waals surface area contributed by atoms with Gasteiger partial charge in [-0.2, -0.15) is 0 Å². The van der Waals surface area contributed by atoms with Gasteiger partial charge in [-0.15, -0.1) is 0 Å². The van der Waals surface area contributed by atoms with Crippen molar-refractivity contribution in [1.82, 2.24) is 0 Å². The van der Waals surface area contributed by atoms with Gasteiger partial charge >= 0.3 is 0 Å². The first-order valence-electron chi connectivity index (χ1n) is 5.64. The largest absolute Gasteiger partial charge is 0.378 e. The van der Waals surface area contributed by atoms with Crippen LogP contribution in [0.4, 0.5) is 10.1 Å². The van der Waals surface area contributed by atoms with E-state index in [4.69, 9.17) is 11.6 Å². The third-order valence-electron chi connectivity index (χ3n) is 2.73. The lowest BCUT2D eigenvalue weighted by atomic mass is 10.1. The molecule has 0 fully saturated rings. The molecule has 0 saturated carbocycles. The summed E-state index contributed by atoms with van der Waals surface area (Å²) in [7, 11) is 0. The minimum atomic E-state index is -0.412. The molecule has 0 heterocycles. The molecule has 0 aromatic heterocycles. The summed E-state index contributed by atoms with van der Waals surface area (Å²) in [6.45, 7) is 2.03. The molecule has 0 amide bonds. The van der Waals surface area contributed by atoms with Crippen LogP contribution in [0.3, 0.4) is 0 Å². The van der Waals surface area contributed by atoms with Gasteiger partial charge in [-0.05, 0) is 42.8 Å². The Morgan fingerprint density at radius 1 is 1.16 bits per heavy atom. The van der Waals surface area contributed by atoms with Crippen LogP contribution in [0, 0.1) is 5.82 Å². The Kier molecular flexibility index (Phi) is 4.87. The zero-order valence-electron chi connectivity index (χ0n) is 10.1. The van der Waals surface area contributed by atoms with E-state index >= 15 is 0 Å². The van der Waals surface area contributed by atoms with E-state index in [0.29, 0.717) is 0 Å². The van der Waals surface area contributed by atoms with Crippen molar-refractivity contribution < 1.29 is 4.39 Å². The molecule has 0 radical (unpaired) electrons. The van der Waals surface area contributed by atoms with Crippen molar-refractivity contribution in [3.63, 3.8) is 0 Å². The average Bonchev–Trinajstić information content (AvgIpc) is 2.33. The number of hydrogen-bond donors (Lipinski definition) is 1. The molecule has 100 valence electrons. The molecule has 0 aliphatic heterocycles. The number of hydrogen-bond acceptors (Lipinski definition) is 1. The summed E-state index contributed by atoms with van der Waals surface area (Å²) < 4.78 is 15.1. The Labute approximate surface area is 133 Å². The maximum atomic E-state index is 13.1. The Morgan fingerprint density at radius 2 is 1.89 bits per heavy atom. The highest BCUT2D eigenvalue weighted by atomic mass is 79.9. The van der Waals surface area contributed by atoms with Gasteiger partial charge in [-0.3, -0.25) is 0 Å². The maximum Gasteiger partial charge on any atom is 0.141 e. The fourth-order valence-corrected chi connectivity index (χ4v) is 3.34. The van der Waals surface area contributed by atoms with E-state index in [1.807, 2.05) is 25.1 Å². The van der Waals surface area contributed by atoms with Gasteiger partial charge in [0, 0.05) is 20.7 Å². The van der Waals surface area contributed by atoms with E-state index in [9.17, 15) is 4.39 Å². The van der Waals surface area contributed by atoms with Crippen LogP contribution in [0.5, 0.6) is 0 Å². The van der Waals surface area contributed by atoms with Gasteiger partial charge < -0.3 is 5.32 Å². The Balaban J connectivity index is 2.20. The molecule has 0 aliphatic rings. The molecule has 1 unspecified atom stereocenters. The first-order valence-corrected chi connectivity index (χ1v) is 7.60. The molecule has 2 aromatic rings. The lowest BCUT2D eigenvalue weighted by molar-refractivity contribution is 0.628. The lowest BCUT2D eigenvalue weighted by Crippen LogP contribution is -2.07. The second-order valence-electron chi connectivity index (χ2n) is 4.16. The summed E-state index contributed by atoms with van der Waals surface area (Å²) >= 11 is 12.7. The zero-order chi connectivity index (χ0) is 14.0. The first kappa shape index (κ1) is 14.8. The highest BCUT2D eigenvalue weighted by molar-refractivity contribution is 9.11. The van der Waals surface area contributed by atoms with Crippen molar-refractivity contribution in [2.45, 2.75) is 13.0 Å². The summed E-state index contributed by atoms with van der Waals surface area (Å²) in [5.74, 6) is -0.412. The minimum Gasteiger partial charge on any atom is -0.378 e. The second kappa shape index (κ2) is 6.25. The van der Waals surface area contributed by atoms with Crippen LogP contribution in [-0.4, -0.2) is 0 Å². The molecular formula is C14H11Br2ClFN. The van der Waals surface area contributed by atoms with Crippen molar-refractivity contribution in [3.05, 3.63) is 61.7 Å². The molecule has 2 rings (SSSR count). The van der Waals surface area contributed by atoms with Gasteiger partial charge in [0.05, 0.1) is 5.02 Å². The van der Waals surface area contributed by atoms with Gasteiger partial charge in [0.2, 0.25) is 0 Å². The predicted octanol–water partition coefficient (Wildman–Crippen LogP) is 6.18. The molecule has 1 N–H and O–H groups in total. The van der Waals surface area contributed by atoms with Crippen LogP contribution in [0.15, 0.2) is 45.3 Å². The number of rotatable bonds is 3. The summed E-state index contributed by atoms with van der Waals surface area (Å²) in [5.41, 5.74) is 1.90. The van der Waals surface area contributed by atoms with E-state index in [0.717, 1.165) is 20.2 Å². The van der Waals surface area contributed by atoms with E-state index in [2.05, 4.69) is 37.2 Å². The van der Waals surface area contributed by atoms with Crippen molar-refractivity contribution in [2.75, 3.05) is 5.32 Å². The van der Waals surface area contributed by atoms with Crippen LogP contribution in [-0.2, 0) is 0 Å². The minimum absolute atomic E-state index is 0.0732. The van der Waals surface area contributed by atoms with Gasteiger partial charge in [0.25, 0.3) is 0 Å². The molecule has 2 aromatic carbocycles. The van der Waals surface area contributed by atoms with Gasteiger partial charge in [-0.25, -0.2) is 4.39 Å². The van der Waals surface area contributed by atoms with Gasteiger partial charge in [0.1, 0.15) is 5.82 Å². The van der Waals surface area contributed by atoms with Crippen molar-refractivity contribution in [1.29, 1.82) is 0 Å². The molecular weight excluding hydrogens is 396 g/mol. The van der Waals surface area contributed by atoms with E-state index in [1.54, 1.807) is 12.1 Å². The molecule has 19 heavy (non-hydrogen) atoms. The van der Waals surface area contributed by atoms with Crippen LogP contribution in [0.1, 0.15) is 18.5 Å². The maximum absolute atomic E-state index is 13.1. The molecule has 1 atom stereocenters. The third-order valence-corrected chi connectivity index (χ3v) is 4.20. The number of halogens is 4. The number of nitrogens with one attached hydrogen (secondary N) is 1. The second-order valence-corrected chi connectivity index (χ2v) is 6.34. The van der Waals surface area contributed by atoms with E-state index < -0.39 is 5.82 Å². The standard InChI is InChI=1S/C14H11Br2ClFN/c1-8(11-4-2-9(15)6-12(11)16)19-10-3-5-14(18)13(17)7-10/h2-8,19H,1H3. The topological polar surface area (TPSA) is 12.0 Å². The Hall–Kier alpha value is -0.580. The molecule has 5 heteroatoms. The van der Waals surface area contributed by atoms with Gasteiger partial charge in [0.15, 0.2) is 0 Å². The molecule has 1 nitrogen and oxygen atoms in total. The first-order chi connectivity index (χ1) is 8.97. The monoisotopic (exact) mass is 405 g/mol. The van der Waals surface area contributed by atoms with Crippen molar-refractivity contribution in [3.8, 4) is 0 Å². The normalized spacial score (nSPS) is 12.3.